The first-order chi connectivity index (χ1) is 38.9. The standard InChI is InChI=1S/C60H80Cl2N8O12/c1-59(2,3)81-57(75)69(26-12-18-53(71)65-43-20-28-67(29-21-43)32-34-79-55(73)45-37-47(61)49(63)39-51(45)77-7)24-10-16-41-14-9-15-42(36-41)17-11-25-70(58(76)82-60(4,5)6)27-13-19-54(72)66-44-22-30-68(31-23-44)33-35-80-56(74)46-38-48(62)50(64)40-52(46)78-8/h9,14-15,36-40,43-44H,12-13,18-35,63-64H2,1-8H3,(H,65,71)(H,66,72). The second-order valence-electron chi connectivity index (χ2n) is 22.0. The smallest absolute Gasteiger partial charge is 0.411 e. The quantitative estimate of drug-likeness (QED) is 0.0324. The van der Waals surface area contributed by atoms with Crippen LogP contribution in [0.1, 0.15) is 125 Å². The summed E-state index contributed by atoms with van der Waals surface area (Å²) >= 11 is 12.2. The molecule has 0 spiro atoms. The number of nitrogen functional groups attached to an aromatic ring is 2. The molecule has 0 bridgehead atoms. The highest BCUT2D eigenvalue weighted by Crippen LogP contribution is 2.31. The van der Waals surface area contributed by atoms with Gasteiger partial charge < -0.3 is 50.5 Å². The van der Waals surface area contributed by atoms with Gasteiger partial charge in [0.15, 0.2) is 0 Å². The van der Waals surface area contributed by atoms with E-state index >= 15 is 0 Å². The Balaban J connectivity index is 1.04. The molecular weight excluding hydrogens is 1100 g/mol. The first-order valence-electron chi connectivity index (χ1n) is 27.6. The predicted molar refractivity (Wildman–Crippen MR) is 315 cm³/mol. The molecule has 2 aliphatic rings. The molecule has 0 unspecified atom stereocenters. The van der Waals surface area contributed by atoms with Gasteiger partial charge in [0.1, 0.15) is 47.0 Å². The van der Waals surface area contributed by atoms with Crippen molar-refractivity contribution in [3.8, 4) is 35.2 Å². The van der Waals surface area contributed by atoms with Gasteiger partial charge in [0, 0.05) is 101 Å². The monoisotopic (exact) mass is 1170 g/mol. The molecule has 0 saturated carbocycles. The van der Waals surface area contributed by atoms with E-state index in [1.54, 1.807) is 41.5 Å². The number of ether oxygens (including phenoxy) is 6. The van der Waals surface area contributed by atoms with Crippen LogP contribution in [0.5, 0.6) is 11.5 Å². The van der Waals surface area contributed by atoms with Crippen molar-refractivity contribution in [1.29, 1.82) is 0 Å². The molecule has 6 N–H and O–H groups in total. The highest BCUT2D eigenvalue weighted by molar-refractivity contribution is 6.34. The molecule has 2 aliphatic heterocycles. The summed E-state index contributed by atoms with van der Waals surface area (Å²) in [6.07, 6.45) is 3.05. The normalized spacial score (nSPS) is 14.2. The van der Waals surface area contributed by atoms with Crippen molar-refractivity contribution in [3.63, 3.8) is 0 Å². The third-order valence-electron chi connectivity index (χ3n) is 13.1. The van der Waals surface area contributed by atoms with Crippen LogP contribution in [-0.4, -0.2) is 172 Å². The highest BCUT2D eigenvalue weighted by Gasteiger charge is 2.27. The van der Waals surface area contributed by atoms with Crippen LogP contribution in [0.25, 0.3) is 0 Å². The van der Waals surface area contributed by atoms with Gasteiger partial charge in [0.25, 0.3) is 0 Å². The topological polar surface area (TPSA) is 247 Å². The minimum atomic E-state index is -0.743. The minimum absolute atomic E-state index is 0.00597. The van der Waals surface area contributed by atoms with Gasteiger partial charge in [-0.1, -0.05) is 52.9 Å². The maximum absolute atomic E-state index is 13.3. The van der Waals surface area contributed by atoms with Gasteiger partial charge in [0.2, 0.25) is 11.8 Å². The lowest BCUT2D eigenvalue weighted by Crippen LogP contribution is -2.45. The summed E-state index contributed by atoms with van der Waals surface area (Å²) in [4.78, 5) is 85.5. The van der Waals surface area contributed by atoms with Gasteiger partial charge in [-0.15, -0.1) is 0 Å². The number of benzene rings is 3. The number of hydrogen-bond donors (Lipinski definition) is 4. The van der Waals surface area contributed by atoms with E-state index in [1.165, 1.54) is 48.3 Å². The molecule has 0 atom stereocenters. The summed E-state index contributed by atoms with van der Waals surface area (Å²) in [6.45, 7) is 15.6. The Morgan fingerprint density at radius 2 is 0.988 bits per heavy atom. The lowest BCUT2D eigenvalue weighted by atomic mass is 10.0. The van der Waals surface area contributed by atoms with Crippen LogP contribution < -0.4 is 31.6 Å². The number of piperidine rings is 2. The minimum Gasteiger partial charge on any atom is -0.496 e. The zero-order valence-electron chi connectivity index (χ0n) is 48.5. The Hall–Kier alpha value is -7.10. The zero-order chi connectivity index (χ0) is 60.0. The number of carbonyl (C=O) groups excluding carboxylic acids is 6. The molecule has 82 heavy (non-hydrogen) atoms. The maximum atomic E-state index is 13.3. The van der Waals surface area contributed by atoms with Gasteiger partial charge in [0.05, 0.1) is 48.7 Å². The van der Waals surface area contributed by atoms with E-state index in [0.717, 1.165) is 25.7 Å². The Morgan fingerprint density at radius 3 is 1.34 bits per heavy atom. The van der Waals surface area contributed by atoms with Crippen LogP contribution in [0.4, 0.5) is 21.0 Å². The van der Waals surface area contributed by atoms with Gasteiger partial charge in [-0.25, -0.2) is 19.2 Å². The van der Waals surface area contributed by atoms with Crippen molar-refractivity contribution in [1.82, 2.24) is 30.2 Å². The van der Waals surface area contributed by atoms with Crippen LogP contribution in [0, 0.1) is 23.7 Å². The van der Waals surface area contributed by atoms with Crippen LogP contribution in [0.15, 0.2) is 48.5 Å². The number of likely N-dealkylation sites (tertiary alicyclic amines) is 2. The summed E-state index contributed by atoms with van der Waals surface area (Å²) in [5, 5.41) is 6.72. The third-order valence-corrected chi connectivity index (χ3v) is 13.8. The van der Waals surface area contributed by atoms with Crippen LogP contribution >= 0.6 is 23.2 Å². The van der Waals surface area contributed by atoms with Crippen LogP contribution in [0.2, 0.25) is 10.0 Å². The number of anilines is 2. The molecule has 0 aromatic heterocycles. The van der Waals surface area contributed by atoms with Gasteiger partial charge in [-0.2, -0.15) is 0 Å². The fraction of sp³-hybridized carbons (Fsp3) is 0.533. The van der Waals surface area contributed by atoms with Crippen LogP contribution in [-0.2, 0) is 28.5 Å². The molecule has 0 aliphatic carbocycles. The number of nitrogens with two attached hydrogens (primary N) is 2. The SMILES string of the molecule is COc1cc(N)c(Cl)cc1C(=O)OCCN1CCC(NC(=O)CCCN(CC#Cc2cccc(C#CCN(CCCC(=O)NC3CCN(CCOC(=O)c4cc(Cl)c(N)cc4OC)CC3)C(=O)OC(C)(C)C)c2)C(=O)OC(C)(C)C)CC1. The van der Waals surface area contributed by atoms with Gasteiger partial charge in [-0.05, 0) is 110 Å². The van der Waals surface area contributed by atoms with Crippen molar-refractivity contribution in [2.24, 2.45) is 0 Å². The number of esters is 2. The summed E-state index contributed by atoms with van der Waals surface area (Å²) in [5.41, 5.74) is 12.5. The van der Waals surface area contributed by atoms with E-state index in [0.29, 0.717) is 74.6 Å². The molecule has 2 fully saturated rings. The summed E-state index contributed by atoms with van der Waals surface area (Å²) < 4.78 is 32.9. The molecule has 4 amide bonds. The average molecular weight is 1180 g/mol. The number of hydrogen-bond acceptors (Lipinski definition) is 16. The highest BCUT2D eigenvalue weighted by atomic mass is 35.5. The van der Waals surface area contributed by atoms with E-state index in [-0.39, 0.29) is 109 Å². The summed E-state index contributed by atoms with van der Waals surface area (Å²) in [7, 11) is 2.87. The summed E-state index contributed by atoms with van der Waals surface area (Å²) in [6, 6.07) is 13.1. The molecule has 22 heteroatoms. The lowest BCUT2D eigenvalue weighted by molar-refractivity contribution is -0.123. The molecule has 2 saturated heterocycles. The Bertz CT molecular complexity index is 2630. The Kier molecular flexibility index (Phi) is 25.6. The molecule has 2 heterocycles. The number of nitrogens with one attached hydrogen (secondary N) is 2. The number of methoxy groups -OCH3 is 2. The first-order valence-corrected chi connectivity index (χ1v) is 28.3. The fourth-order valence-corrected chi connectivity index (χ4v) is 9.15. The van der Waals surface area contributed by atoms with E-state index in [1.807, 2.05) is 24.3 Å². The summed E-state index contributed by atoms with van der Waals surface area (Å²) in [5.74, 6) is 11.6. The largest absolute Gasteiger partial charge is 0.496 e. The molecule has 0 radical (unpaired) electrons. The van der Waals surface area contributed by atoms with E-state index in [2.05, 4.69) is 44.1 Å². The van der Waals surface area contributed by atoms with Crippen molar-refractivity contribution in [3.05, 3.63) is 80.8 Å². The number of amides is 4. The van der Waals surface area contributed by atoms with E-state index < -0.39 is 35.3 Å². The predicted octanol–water partition coefficient (Wildman–Crippen LogP) is 7.79. The second-order valence-corrected chi connectivity index (χ2v) is 22.8. The molecule has 446 valence electrons. The lowest BCUT2D eigenvalue weighted by Gasteiger charge is -2.32. The second kappa shape index (κ2) is 31.9. The number of rotatable bonds is 22. The number of carbonyl (C=O) groups is 6. The first kappa shape index (κ1) is 65.7. The average Bonchev–Trinajstić information content (AvgIpc) is 3.63. The van der Waals surface area contributed by atoms with Crippen molar-refractivity contribution in [2.45, 2.75) is 116 Å². The van der Waals surface area contributed by atoms with E-state index in [4.69, 9.17) is 63.1 Å². The van der Waals surface area contributed by atoms with Gasteiger partial charge in [-0.3, -0.25) is 29.2 Å². The van der Waals surface area contributed by atoms with E-state index in [9.17, 15) is 28.8 Å². The third kappa shape index (κ3) is 22.7. The van der Waals surface area contributed by atoms with Crippen LogP contribution in [0.3, 0.4) is 0 Å². The number of nitrogens with zero attached hydrogens (tertiary/aromatic N) is 4. The molecule has 5 rings (SSSR count). The zero-order valence-corrected chi connectivity index (χ0v) is 50.0. The number of halogens is 2. The molecule has 20 nitrogen and oxygen atoms in total. The van der Waals surface area contributed by atoms with Crippen molar-refractivity contribution >= 4 is 70.5 Å². The molecular formula is C60H80Cl2N8O12. The molecule has 3 aromatic rings. The Labute approximate surface area is 492 Å². The molecule has 3 aromatic carbocycles. The fourth-order valence-electron chi connectivity index (χ4n) is 8.82. The maximum Gasteiger partial charge on any atom is 0.411 e. The van der Waals surface area contributed by atoms with Crippen molar-refractivity contribution in [2.75, 3.05) is 104 Å². The van der Waals surface area contributed by atoms with Gasteiger partial charge >= 0.3 is 24.1 Å². The van der Waals surface area contributed by atoms with Crippen molar-refractivity contribution < 1.29 is 57.2 Å². The Morgan fingerprint density at radius 1 is 0.610 bits per heavy atom.